The van der Waals surface area contributed by atoms with Gasteiger partial charge in [0, 0.05) is 25.6 Å². The summed E-state index contributed by atoms with van der Waals surface area (Å²) in [7, 11) is 3.83. The molecule has 1 fully saturated rings. The number of β-amino-alcohol motifs (C(OH)–C–C–N with tert-alkyl or cyclic N) is 1. The maximum Gasteiger partial charge on any atom is 0.237 e. The molecule has 1 aliphatic rings. The number of rotatable bonds is 5. The number of nitrogens with zero attached hydrogens (tertiary/aromatic N) is 1. The third kappa shape index (κ3) is 6.27. The van der Waals surface area contributed by atoms with Crippen molar-refractivity contribution in [1.29, 1.82) is 0 Å². The van der Waals surface area contributed by atoms with E-state index in [0.717, 1.165) is 6.54 Å². The summed E-state index contributed by atoms with van der Waals surface area (Å²) < 4.78 is 0. The van der Waals surface area contributed by atoms with Crippen LogP contribution in [0.2, 0.25) is 0 Å². The van der Waals surface area contributed by atoms with Gasteiger partial charge >= 0.3 is 0 Å². The molecule has 0 aliphatic carbocycles. The summed E-state index contributed by atoms with van der Waals surface area (Å²) in [5.74, 6) is 0.453. The van der Waals surface area contributed by atoms with Gasteiger partial charge in [-0.05, 0) is 20.0 Å². The first-order valence-corrected chi connectivity index (χ1v) is 6.26. The van der Waals surface area contributed by atoms with Gasteiger partial charge in [-0.15, -0.1) is 24.8 Å². The van der Waals surface area contributed by atoms with Gasteiger partial charge in [-0.2, -0.15) is 0 Å². The monoisotopic (exact) mass is 315 g/mol. The van der Waals surface area contributed by atoms with Crippen LogP contribution in [-0.2, 0) is 4.79 Å². The molecule has 0 aromatic carbocycles. The SMILES string of the molecule is CC(C)C(C(=O)NCC1CNCC1O)N(C)C.Cl.Cl. The van der Waals surface area contributed by atoms with Crippen LogP contribution < -0.4 is 10.6 Å². The van der Waals surface area contributed by atoms with Crippen LogP contribution in [0.4, 0.5) is 0 Å². The predicted octanol–water partition coefficient (Wildman–Crippen LogP) is 0.113. The van der Waals surface area contributed by atoms with E-state index in [2.05, 4.69) is 10.6 Å². The number of aliphatic hydroxyl groups excluding tert-OH is 1. The Hall–Kier alpha value is -0.0700. The van der Waals surface area contributed by atoms with Crippen LogP contribution in [0.3, 0.4) is 0 Å². The van der Waals surface area contributed by atoms with Crippen LogP contribution in [0.25, 0.3) is 0 Å². The van der Waals surface area contributed by atoms with E-state index < -0.39 is 0 Å². The number of hydrogen-bond donors (Lipinski definition) is 3. The van der Waals surface area contributed by atoms with Crippen molar-refractivity contribution in [3.05, 3.63) is 0 Å². The lowest BCUT2D eigenvalue weighted by Gasteiger charge is -2.27. The molecule has 0 saturated carbocycles. The number of likely N-dealkylation sites (N-methyl/N-ethyl adjacent to an activating group) is 1. The minimum atomic E-state index is -0.341. The van der Waals surface area contributed by atoms with Gasteiger partial charge in [-0.1, -0.05) is 13.8 Å². The standard InChI is InChI=1S/C12H25N3O2.2ClH/c1-8(2)11(15(3)4)12(17)14-6-9-5-13-7-10(9)16;;/h8-11,13,16H,5-7H2,1-4H3,(H,14,17);2*1H. The molecule has 7 heteroatoms. The van der Waals surface area contributed by atoms with Crippen LogP contribution in [0, 0.1) is 11.8 Å². The van der Waals surface area contributed by atoms with Crippen molar-refractivity contribution in [2.75, 3.05) is 33.7 Å². The van der Waals surface area contributed by atoms with Gasteiger partial charge in [0.15, 0.2) is 0 Å². The molecule has 116 valence electrons. The number of nitrogens with one attached hydrogen (secondary N) is 2. The Kier molecular flexibility index (Phi) is 10.9. The summed E-state index contributed by atoms with van der Waals surface area (Å²) in [6.07, 6.45) is -0.341. The van der Waals surface area contributed by atoms with Gasteiger partial charge in [0.1, 0.15) is 0 Å². The molecule has 3 unspecified atom stereocenters. The van der Waals surface area contributed by atoms with Gasteiger partial charge in [-0.25, -0.2) is 0 Å². The smallest absolute Gasteiger partial charge is 0.237 e. The average Bonchev–Trinajstić information content (AvgIpc) is 2.59. The fraction of sp³-hybridized carbons (Fsp3) is 0.917. The third-order valence-electron chi connectivity index (χ3n) is 3.30. The quantitative estimate of drug-likeness (QED) is 0.674. The molecule has 1 aliphatic heterocycles. The second-order valence-electron chi connectivity index (χ2n) is 5.38. The van der Waals surface area contributed by atoms with E-state index in [1.807, 2.05) is 32.8 Å². The molecule has 0 radical (unpaired) electrons. The first kappa shape index (κ1) is 21.2. The highest BCUT2D eigenvalue weighted by molar-refractivity contribution is 5.85. The first-order valence-electron chi connectivity index (χ1n) is 6.26. The van der Waals surface area contributed by atoms with Gasteiger partial charge < -0.3 is 15.7 Å². The Morgan fingerprint density at radius 3 is 2.32 bits per heavy atom. The maximum absolute atomic E-state index is 12.0. The molecule has 0 aromatic heterocycles. The summed E-state index contributed by atoms with van der Waals surface area (Å²) in [4.78, 5) is 14.0. The minimum Gasteiger partial charge on any atom is -0.391 e. The van der Waals surface area contributed by atoms with E-state index in [0.29, 0.717) is 13.1 Å². The van der Waals surface area contributed by atoms with Crippen molar-refractivity contribution in [2.24, 2.45) is 11.8 Å². The van der Waals surface area contributed by atoms with Crippen molar-refractivity contribution in [1.82, 2.24) is 15.5 Å². The molecule has 0 aromatic rings. The van der Waals surface area contributed by atoms with Crippen LogP contribution in [0.15, 0.2) is 0 Å². The highest BCUT2D eigenvalue weighted by atomic mass is 35.5. The molecule has 0 spiro atoms. The summed E-state index contributed by atoms with van der Waals surface area (Å²) in [6.45, 7) is 6.02. The van der Waals surface area contributed by atoms with Crippen molar-refractivity contribution in [3.63, 3.8) is 0 Å². The van der Waals surface area contributed by atoms with E-state index in [1.165, 1.54) is 0 Å². The van der Waals surface area contributed by atoms with E-state index in [1.54, 1.807) is 0 Å². The lowest BCUT2D eigenvalue weighted by molar-refractivity contribution is -0.127. The number of carbonyl (C=O) groups excluding carboxylic acids is 1. The molecular formula is C12H27Cl2N3O2. The van der Waals surface area contributed by atoms with Crippen LogP contribution >= 0.6 is 24.8 Å². The zero-order chi connectivity index (χ0) is 13.0. The third-order valence-corrected chi connectivity index (χ3v) is 3.30. The molecule has 1 heterocycles. The lowest BCUT2D eigenvalue weighted by Crippen LogP contribution is -2.48. The molecule has 0 bridgehead atoms. The Bertz CT molecular complexity index is 257. The van der Waals surface area contributed by atoms with Gasteiger partial charge in [0.05, 0.1) is 12.1 Å². The fourth-order valence-electron chi connectivity index (χ4n) is 2.40. The van der Waals surface area contributed by atoms with E-state index in [4.69, 9.17) is 0 Å². The highest BCUT2D eigenvalue weighted by Gasteiger charge is 2.28. The van der Waals surface area contributed by atoms with E-state index in [-0.39, 0.29) is 54.7 Å². The van der Waals surface area contributed by atoms with Gasteiger partial charge in [0.25, 0.3) is 0 Å². The summed E-state index contributed by atoms with van der Waals surface area (Å²) in [5, 5.41) is 15.7. The van der Waals surface area contributed by atoms with Crippen molar-refractivity contribution >= 4 is 30.7 Å². The Morgan fingerprint density at radius 1 is 1.37 bits per heavy atom. The number of hydrogen-bond acceptors (Lipinski definition) is 4. The second kappa shape index (κ2) is 9.77. The second-order valence-corrected chi connectivity index (χ2v) is 5.38. The molecule has 1 amide bonds. The van der Waals surface area contributed by atoms with Crippen molar-refractivity contribution in [3.8, 4) is 0 Å². The maximum atomic E-state index is 12.0. The van der Waals surface area contributed by atoms with Crippen molar-refractivity contribution in [2.45, 2.75) is 26.0 Å². The molecule has 1 rings (SSSR count). The molecule has 3 N–H and O–H groups in total. The number of amides is 1. The average molecular weight is 316 g/mol. The largest absolute Gasteiger partial charge is 0.391 e. The number of carbonyl (C=O) groups is 1. The Labute approximate surface area is 128 Å². The summed E-state index contributed by atoms with van der Waals surface area (Å²) in [6, 6.07) is -0.110. The van der Waals surface area contributed by atoms with Crippen molar-refractivity contribution < 1.29 is 9.90 Å². The predicted molar refractivity (Wildman–Crippen MR) is 82.2 cm³/mol. The van der Waals surface area contributed by atoms with Crippen LogP contribution in [0.5, 0.6) is 0 Å². The zero-order valence-electron chi connectivity index (χ0n) is 12.0. The van der Waals surface area contributed by atoms with Gasteiger partial charge in [-0.3, -0.25) is 9.69 Å². The molecular weight excluding hydrogens is 289 g/mol. The lowest BCUT2D eigenvalue weighted by atomic mass is 10.0. The van der Waals surface area contributed by atoms with E-state index in [9.17, 15) is 9.90 Å². The van der Waals surface area contributed by atoms with Gasteiger partial charge in [0.2, 0.25) is 5.91 Å². The van der Waals surface area contributed by atoms with Crippen LogP contribution in [0.1, 0.15) is 13.8 Å². The molecule has 19 heavy (non-hydrogen) atoms. The molecule has 3 atom stereocenters. The topological polar surface area (TPSA) is 64.6 Å². The minimum absolute atomic E-state index is 0. The Morgan fingerprint density at radius 2 is 1.95 bits per heavy atom. The first-order chi connectivity index (χ1) is 7.93. The molecule has 5 nitrogen and oxygen atoms in total. The zero-order valence-corrected chi connectivity index (χ0v) is 13.7. The Balaban J connectivity index is 0. The summed E-state index contributed by atoms with van der Waals surface area (Å²) in [5.41, 5.74) is 0. The summed E-state index contributed by atoms with van der Waals surface area (Å²) >= 11 is 0. The highest BCUT2D eigenvalue weighted by Crippen LogP contribution is 2.10. The number of aliphatic hydroxyl groups is 1. The van der Waals surface area contributed by atoms with E-state index >= 15 is 0 Å². The normalized spacial score (nSPS) is 23.7. The number of halogens is 2. The fourth-order valence-corrected chi connectivity index (χ4v) is 2.40. The van der Waals surface area contributed by atoms with Crippen LogP contribution in [-0.4, -0.2) is 61.8 Å². The molecule has 1 saturated heterocycles.